The third-order valence-corrected chi connectivity index (χ3v) is 7.50. The Morgan fingerprint density at radius 3 is 2.61 bits per heavy atom. The lowest BCUT2D eigenvalue weighted by Crippen LogP contribution is -2.29. The molecule has 5 aromatic rings. The molecule has 1 unspecified atom stereocenters. The molecule has 0 radical (unpaired) electrons. The number of aromatic nitrogens is 1. The minimum absolute atomic E-state index is 0.00856. The van der Waals surface area contributed by atoms with E-state index < -0.39 is 17.9 Å². The molecule has 8 heteroatoms. The number of rotatable bonds is 4. The van der Waals surface area contributed by atoms with E-state index in [4.69, 9.17) is 14.1 Å². The number of aryl methyl sites for hydroxylation is 1. The molecule has 0 aliphatic carbocycles. The molecule has 3 aromatic carbocycles. The van der Waals surface area contributed by atoms with Crippen molar-refractivity contribution >= 4 is 49.5 Å². The Balaban J connectivity index is 1.58. The minimum atomic E-state index is -0.758. The van der Waals surface area contributed by atoms with Gasteiger partial charge in [-0.15, -0.1) is 0 Å². The fraction of sp³-hybridized carbons (Fsp3) is 0.143. The summed E-state index contributed by atoms with van der Waals surface area (Å²) in [4.78, 5) is 45.7. The number of benzene rings is 3. The van der Waals surface area contributed by atoms with Gasteiger partial charge in [0.1, 0.15) is 5.58 Å². The largest absolute Gasteiger partial charge is 0.465 e. The lowest BCUT2D eigenvalue weighted by Gasteiger charge is -2.22. The van der Waals surface area contributed by atoms with Gasteiger partial charge in [0.25, 0.3) is 5.91 Å². The molecule has 3 heterocycles. The van der Waals surface area contributed by atoms with Crippen LogP contribution >= 0.6 is 11.3 Å². The number of para-hydroxylation sites is 1. The molecule has 36 heavy (non-hydrogen) atoms. The molecule has 2 aromatic heterocycles. The number of amides is 1. The molecule has 0 N–H and O–H groups in total. The third-order valence-electron chi connectivity index (χ3n) is 6.48. The van der Waals surface area contributed by atoms with Crippen molar-refractivity contribution in [3.63, 3.8) is 0 Å². The van der Waals surface area contributed by atoms with Crippen LogP contribution < -0.4 is 10.3 Å². The summed E-state index contributed by atoms with van der Waals surface area (Å²) >= 11 is 1.39. The van der Waals surface area contributed by atoms with E-state index in [-0.39, 0.29) is 16.8 Å². The molecule has 0 bridgehead atoms. The molecular weight excluding hydrogens is 476 g/mol. The number of thiazole rings is 1. The monoisotopic (exact) mass is 496 g/mol. The third kappa shape index (κ3) is 3.33. The molecule has 7 nitrogen and oxygen atoms in total. The van der Waals surface area contributed by atoms with Gasteiger partial charge in [0, 0.05) is 0 Å². The molecule has 1 amide bonds. The standard InChI is InChI=1S/C28H20N2O5S/c1-3-15-8-13-19-21(14-15)36-28(29-19)30-23(16-9-11-17(12-10-16)27(33)34-2)22-24(31)18-6-4-5-7-20(18)35-25(22)26(30)32/h4-14,23H,3H2,1-2H3. The average molecular weight is 497 g/mol. The highest BCUT2D eigenvalue weighted by molar-refractivity contribution is 7.22. The molecule has 0 fully saturated rings. The lowest BCUT2D eigenvalue weighted by atomic mass is 9.98. The molecule has 6 rings (SSSR count). The molecule has 0 saturated heterocycles. The van der Waals surface area contributed by atoms with Crippen molar-refractivity contribution < 1.29 is 18.7 Å². The molecule has 0 spiro atoms. The lowest BCUT2D eigenvalue weighted by molar-refractivity contribution is 0.0600. The van der Waals surface area contributed by atoms with Crippen LogP contribution in [0.1, 0.15) is 50.6 Å². The molecular formula is C28H20N2O5S. The quantitative estimate of drug-likeness (QED) is 0.305. The smallest absolute Gasteiger partial charge is 0.337 e. The van der Waals surface area contributed by atoms with Crippen molar-refractivity contribution in [2.75, 3.05) is 12.0 Å². The highest BCUT2D eigenvalue weighted by Gasteiger charge is 2.45. The molecule has 0 saturated carbocycles. The number of hydrogen-bond donors (Lipinski definition) is 0. The number of carbonyl (C=O) groups is 2. The Bertz CT molecular complexity index is 1740. The number of esters is 1. The number of ether oxygens (including phenoxy) is 1. The normalized spacial score (nSPS) is 15.0. The highest BCUT2D eigenvalue weighted by Crippen LogP contribution is 2.43. The maximum absolute atomic E-state index is 13.8. The van der Waals surface area contributed by atoms with Crippen molar-refractivity contribution in [2.45, 2.75) is 19.4 Å². The van der Waals surface area contributed by atoms with Crippen LogP contribution in [-0.4, -0.2) is 24.0 Å². The van der Waals surface area contributed by atoms with Crippen molar-refractivity contribution in [1.29, 1.82) is 0 Å². The van der Waals surface area contributed by atoms with E-state index in [0.717, 1.165) is 16.6 Å². The summed E-state index contributed by atoms with van der Waals surface area (Å²) in [5, 5.41) is 0.874. The van der Waals surface area contributed by atoms with Crippen LogP contribution in [0.25, 0.3) is 21.2 Å². The topological polar surface area (TPSA) is 89.7 Å². The van der Waals surface area contributed by atoms with Gasteiger partial charge in [-0.2, -0.15) is 0 Å². The molecule has 1 aliphatic rings. The van der Waals surface area contributed by atoms with E-state index in [1.165, 1.54) is 28.9 Å². The van der Waals surface area contributed by atoms with Gasteiger partial charge in [0.05, 0.1) is 39.9 Å². The van der Waals surface area contributed by atoms with Crippen LogP contribution in [-0.2, 0) is 11.2 Å². The average Bonchev–Trinajstić information content (AvgIpc) is 3.46. The van der Waals surface area contributed by atoms with Gasteiger partial charge < -0.3 is 9.15 Å². The van der Waals surface area contributed by atoms with Crippen LogP contribution in [0.4, 0.5) is 5.13 Å². The van der Waals surface area contributed by atoms with Gasteiger partial charge in [0.15, 0.2) is 10.6 Å². The summed E-state index contributed by atoms with van der Waals surface area (Å²) in [5.41, 5.74) is 3.33. The van der Waals surface area contributed by atoms with Crippen LogP contribution in [0.5, 0.6) is 0 Å². The molecule has 1 atom stereocenters. The summed E-state index contributed by atoms with van der Waals surface area (Å²) in [6.07, 6.45) is 0.886. The summed E-state index contributed by atoms with van der Waals surface area (Å²) in [6, 6.07) is 18.9. The fourth-order valence-corrected chi connectivity index (χ4v) is 5.69. The fourth-order valence-electron chi connectivity index (χ4n) is 4.63. The van der Waals surface area contributed by atoms with Crippen molar-refractivity contribution in [3.05, 3.63) is 105 Å². The van der Waals surface area contributed by atoms with Crippen LogP contribution in [0.15, 0.2) is 75.9 Å². The zero-order chi connectivity index (χ0) is 25.0. The van der Waals surface area contributed by atoms with Crippen molar-refractivity contribution in [3.8, 4) is 0 Å². The van der Waals surface area contributed by atoms with Gasteiger partial charge in [-0.25, -0.2) is 9.78 Å². The minimum Gasteiger partial charge on any atom is -0.465 e. The highest BCUT2D eigenvalue weighted by atomic mass is 32.1. The summed E-state index contributed by atoms with van der Waals surface area (Å²) in [6.45, 7) is 2.08. The van der Waals surface area contributed by atoms with E-state index >= 15 is 0 Å². The van der Waals surface area contributed by atoms with Crippen LogP contribution in [0.2, 0.25) is 0 Å². The Morgan fingerprint density at radius 2 is 1.86 bits per heavy atom. The SMILES string of the molecule is CCc1ccc2nc(N3C(=O)c4oc5ccccc5c(=O)c4C3c3ccc(C(=O)OC)cc3)sc2c1. The first-order chi connectivity index (χ1) is 17.5. The van der Waals surface area contributed by atoms with E-state index in [0.29, 0.717) is 27.2 Å². The second-order valence-electron chi connectivity index (χ2n) is 8.51. The Morgan fingerprint density at radius 1 is 1.08 bits per heavy atom. The Labute approximate surface area is 209 Å². The Hall–Kier alpha value is -4.30. The summed E-state index contributed by atoms with van der Waals surface area (Å²) in [5.74, 6) is -0.886. The van der Waals surface area contributed by atoms with Gasteiger partial charge >= 0.3 is 5.97 Å². The zero-order valence-electron chi connectivity index (χ0n) is 19.5. The number of anilines is 1. The predicted octanol–water partition coefficient (Wildman–Crippen LogP) is 5.50. The second-order valence-corrected chi connectivity index (χ2v) is 9.52. The molecule has 178 valence electrons. The second kappa shape index (κ2) is 8.42. The first kappa shape index (κ1) is 22.2. The maximum atomic E-state index is 13.8. The number of carbonyl (C=O) groups excluding carboxylic acids is 2. The van der Waals surface area contributed by atoms with Gasteiger partial charge in [-0.05, 0) is 53.9 Å². The van der Waals surface area contributed by atoms with E-state index in [9.17, 15) is 14.4 Å². The van der Waals surface area contributed by atoms with Crippen molar-refractivity contribution in [2.24, 2.45) is 0 Å². The number of methoxy groups -OCH3 is 1. The molecule has 1 aliphatic heterocycles. The first-order valence-corrected chi connectivity index (χ1v) is 12.3. The van der Waals surface area contributed by atoms with E-state index in [1.54, 1.807) is 48.5 Å². The number of hydrogen-bond acceptors (Lipinski definition) is 7. The number of fused-ring (bicyclic) bond motifs is 3. The van der Waals surface area contributed by atoms with E-state index in [1.807, 2.05) is 12.1 Å². The predicted molar refractivity (Wildman–Crippen MR) is 138 cm³/mol. The Kier molecular flexibility index (Phi) is 5.19. The van der Waals surface area contributed by atoms with Gasteiger partial charge in [-0.3, -0.25) is 14.5 Å². The van der Waals surface area contributed by atoms with Crippen molar-refractivity contribution in [1.82, 2.24) is 4.98 Å². The van der Waals surface area contributed by atoms with Crippen LogP contribution in [0.3, 0.4) is 0 Å². The van der Waals surface area contributed by atoms with Gasteiger partial charge in [-0.1, -0.05) is 48.6 Å². The van der Waals surface area contributed by atoms with Gasteiger partial charge in [0.2, 0.25) is 5.76 Å². The number of nitrogens with zero attached hydrogens (tertiary/aromatic N) is 2. The maximum Gasteiger partial charge on any atom is 0.337 e. The zero-order valence-corrected chi connectivity index (χ0v) is 20.3. The first-order valence-electron chi connectivity index (χ1n) is 11.5. The van der Waals surface area contributed by atoms with Crippen LogP contribution in [0, 0.1) is 0 Å². The summed E-state index contributed by atoms with van der Waals surface area (Å²) in [7, 11) is 1.32. The summed E-state index contributed by atoms with van der Waals surface area (Å²) < 4.78 is 11.8. The van der Waals surface area contributed by atoms with E-state index in [2.05, 4.69) is 13.0 Å².